The Labute approximate surface area is 372 Å². The highest BCUT2D eigenvalue weighted by Crippen LogP contribution is 2.40. The molecule has 3 fully saturated rings. The standard InChI is InChI=1S/C40H58F3NO21/c1-17-30(57-23(7)48)27(14-54-20(4)45)62-37(34(17)59-25(9)50)65-32-19(3)35(60-26(10)51)38(63-29(32)16-56-22(6)47)64-31-18(2)33(58-24(8)49)36(61-28(31)15-55-21(5)46)53-13-11-12-44-39(52)40(41,42)43/h17-19,27-38H,11-16H2,1-10H3,(H,44,52)/t17-,18?,19-,27?,28-,29?,30+,31-,32+,33?,34?,35?,36+,37+,38-/m0/s1. The smallest absolute Gasteiger partial charge is 0.463 e. The van der Waals surface area contributed by atoms with Crippen molar-refractivity contribution in [3.8, 4) is 0 Å². The van der Waals surface area contributed by atoms with Crippen LogP contribution in [0.3, 0.4) is 0 Å². The van der Waals surface area contributed by atoms with Crippen molar-refractivity contribution >= 4 is 47.7 Å². The van der Waals surface area contributed by atoms with Gasteiger partial charge in [0.1, 0.15) is 44.2 Å². The minimum absolute atomic E-state index is 0.131. The van der Waals surface area contributed by atoms with Crippen LogP contribution in [0.25, 0.3) is 0 Å². The first-order valence-electron chi connectivity index (χ1n) is 20.6. The SMILES string of the molecule is CC(=O)OCC1O[C@H](O[C@H]2C(COC(C)=O)O[C@@H](O[C@H]3C(C)C(OC(C)=O)[C@H](OCCCNC(=O)C(F)(F)F)O[C@H]3COC(C)=O)C(OC(C)=O)[C@H]2C)C(OC(C)=O)[C@@H](C)[C@H]1OC(C)=O. The third-order valence-corrected chi connectivity index (χ3v) is 10.2. The summed E-state index contributed by atoms with van der Waals surface area (Å²) in [7, 11) is 0. The van der Waals surface area contributed by atoms with Gasteiger partial charge in [0.05, 0.1) is 18.8 Å². The molecule has 25 heteroatoms. The topological polar surface area (TPSA) is 269 Å². The fourth-order valence-electron chi connectivity index (χ4n) is 7.40. The van der Waals surface area contributed by atoms with Gasteiger partial charge in [0, 0.05) is 72.8 Å². The molecule has 15 atom stereocenters. The van der Waals surface area contributed by atoms with Crippen LogP contribution in [0.5, 0.6) is 0 Å². The molecule has 0 aliphatic carbocycles. The Morgan fingerprint density at radius 1 is 0.477 bits per heavy atom. The first-order valence-corrected chi connectivity index (χ1v) is 20.6. The van der Waals surface area contributed by atoms with Crippen molar-refractivity contribution in [3.63, 3.8) is 0 Å². The van der Waals surface area contributed by atoms with Crippen molar-refractivity contribution in [3.05, 3.63) is 0 Å². The lowest BCUT2D eigenvalue weighted by atomic mass is 9.87. The van der Waals surface area contributed by atoms with Crippen molar-refractivity contribution < 1.29 is 113 Å². The van der Waals surface area contributed by atoms with Crippen LogP contribution in [0, 0.1) is 17.8 Å². The molecule has 1 amide bonds. The lowest BCUT2D eigenvalue weighted by Gasteiger charge is -2.50. The molecular weight excluding hydrogens is 887 g/mol. The molecule has 0 bridgehead atoms. The molecule has 3 rings (SSSR count). The van der Waals surface area contributed by atoms with E-state index in [1.54, 1.807) is 26.1 Å². The van der Waals surface area contributed by atoms with Gasteiger partial charge >= 0.3 is 53.9 Å². The van der Waals surface area contributed by atoms with Crippen molar-refractivity contribution in [1.29, 1.82) is 0 Å². The van der Waals surface area contributed by atoms with Crippen LogP contribution >= 0.6 is 0 Å². The van der Waals surface area contributed by atoms with Crippen molar-refractivity contribution in [1.82, 2.24) is 5.32 Å². The van der Waals surface area contributed by atoms with Gasteiger partial charge in [-0.15, -0.1) is 0 Å². The molecule has 3 aliphatic heterocycles. The highest BCUT2D eigenvalue weighted by molar-refractivity contribution is 5.81. The first kappa shape index (κ1) is 54.6. The summed E-state index contributed by atoms with van der Waals surface area (Å²) in [5.41, 5.74) is 0. The molecular formula is C40H58F3NO21. The molecule has 0 aromatic rings. The van der Waals surface area contributed by atoms with Crippen LogP contribution in [0.4, 0.5) is 13.2 Å². The normalized spacial score (nSPS) is 32.5. The summed E-state index contributed by atoms with van der Waals surface area (Å²) in [6, 6.07) is 0. The third kappa shape index (κ3) is 16.6. The Balaban J connectivity index is 2.01. The number of halogens is 3. The largest absolute Gasteiger partial charge is 0.471 e. The van der Waals surface area contributed by atoms with Crippen LogP contribution in [0.15, 0.2) is 0 Å². The predicted octanol–water partition coefficient (Wildman–Crippen LogP) is 1.34. The van der Waals surface area contributed by atoms with Gasteiger partial charge in [-0.1, -0.05) is 20.8 Å². The molecule has 3 heterocycles. The first-order chi connectivity index (χ1) is 30.3. The fourth-order valence-corrected chi connectivity index (χ4v) is 7.40. The van der Waals surface area contributed by atoms with Gasteiger partial charge in [-0.05, 0) is 6.42 Å². The van der Waals surface area contributed by atoms with E-state index < -0.39 is 172 Å². The van der Waals surface area contributed by atoms with E-state index in [1.165, 1.54) is 0 Å². The number of carbonyl (C=O) groups is 8. The maximum Gasteiger partial charge on any atom is 0.471 e. The van der Waals surface area contributed by atoms with Crippen LogP contribution in [-0.4, -0.2) is 161 Å². The number of amides is 1. The molecule has 3 saturated heterocycles. The number of hydrogen-bond acceptors (Lipinski definition) is 21. The average molecular weight is 946 g/mol. The van der Waals surface area contributed by atoms with Crippen molar-refractivity contribution in [2.45, 2.75) is 156 Å². The van der Waals surface area contributed by atoms with Gasteiger partial charge in [0.15, 0.2) is 37.2 Å². The Bertz CT molecular complexity index is 1680. The second kappa shape index (κ2) is 24.7. The van der Waals surface area contributed by atoms with E-state index in [1.807, 2.05) is 0 Å². The number of hydrogen-bond donors (Lipinski definition) is 1. The lowest BCUT2D eigenvalue weighted by Crippen LogP contribution is -2.64. The summed E-state index contributed by atoms with van der Waals surface area (Å²) in [5, 5.41) is 1.71. The van der Waals surface area contributed by atoms with E-state index in [9.17, 15) is 51.5 Å². The minimum Gasteiger partial charge on any atom is -0.463 e. The molecule has 370 valence electrons. The number of nitrogens with one attached hydrogen (secondary N) is 1. The van der Waals surface area contributed by atoms with E-state index in [0.29, 0.717) is 0 Å². The number of esters is 7. The molecule has 0 aromatic heterocycles. The predicted molar refractivity (Wildman–Crippen MR) is 205 cm³/mol. The maximum absolute atomic E-state index is 12.7. The summed E-state index contributed by atoms with van der Waals surface area (Å²) in [4.78, 5) is 96.9. The van der Waals surface area contributed by atoms with Crippen LogP contribution in [-0.2, 0) is 99.9 Å². The number of alkyl halides is 3. The van der Waals surface area contributed by atoms with Crippen molar-refractivity contribution in [2.24, 2.45) is 17.8 Å². The summed E-state index contributed by atoms with van der Waals surface area (Å²) in [6.07, 6.45) is -20.9. The summed E-state index contributed by atoms with van der Waals surface area (Å²) in [5.74, 6) is -10.1. The molecule has 0 saturated carbocycles. The van der Waals surface area contributed by atoms with E-state index >= 15 is 0 Å². The maximum atomic E-state index is 12.7. The zero-order valence-electron chi connectivity index (χ0n) is 37.6. The Morgan fingerprint density at radius 2 is 0.800 bits per heavy atom. The van der Waals surface area contributed by atoms with Crippen LogP contribution in [0.1, 0.15) is 75.7 Å². The zero-order chi connectivity index (χ0) is 48.9. The summed E-state index contributed by atoms with van der Waals surface area (Å²) >= 11 is 0. The number of carbonyl (C=O) groups excluding carboxylic acids is 8. The number of rotatable bonds is 19. The molecule has 0 aromatic carbocycles. The molecule has 22 nitrogen and oxygen atoms in total. The van der Waals surface area contributed by atoms with Gasteiger partial charge in [0.2, 0.25) is 0 Å². The molecule has 6 unspecified atom stereocenters. The molecule has 1 N–H and O–H groups in total. The highest BCUT2D eigenvalue weighted by atomic mass is 19.4. The third-order valence-electron chi connectivity index (χ3n) is 10.2. The van der Waals surface area contributed by atoms with Gasteiger partial charge in [0.25, 0.3) is 0 Å². The average Bonchev–Trinajstić information content (AvgIpc) is 3.18. The molecule has 65 heavy (non-hydrogen) atoms. The van der Waals surface area contributed by atoms with E-state index in [4.69, 9.17) is 61.6 Å². The van der Waals surface area contributed by atoms with Gasteiger partial charge in [-0.3, -0.25) is 38.4 Å². The minimum atomic E-state index is -5.10. The second-order valence-electron chi connectivity index (χ2n) is 15.6. The van der Waals surface area contributed by atoms with E-state index in [2.05, 4.69) is 0 Å². The van der Waals surface area contributed by atoms with Crippen LogP contribution in [0.2, 0.25) is 0 Å². The Hall–Kier alpha value is -4.69. The van der Waals surface area contributed by atoms with E-state index in [0.717, 1.165) is 48.5 Å². The van der Waals surface area contributed by atoms with Gasteiger partial charge in [-0.2, -0.15) is 13.2 Å². The molecule has 0 spiro atoms. The monoisotopic (exact) mass is 945 g/mol. The van der Waals surface area contributed by atoms with Gasteiger partial charge < -0.3 is 66.9 Å². The fraction of sp³-hybridized carbons (Fsp3) is 0.800. The van der Waals surface area contributed by atoms with Gasteiger partial charge in [-0.25, -0.2) is 0 Å². The lowest BCUT2D eigenvalue weighted by molar-refractivity contribution is -0.368. The second-order valence-corrected chi connectivity index (χ2v) is 15.6. The quantitative estimate of drug-likeness (QED) is 0.109. The van der Waals surface area contributed by atoms with Crippen molar-refractivity contribution in [2.75, 3.05) is 33.0 Å². The Kier molecular flexibility index (Phi) is 20.8. The Morgan fingerprint density at radius 3 is 1.15 bits per heavy atom. The number of ether oxygens (including phenoxy) is 13. The summed E-state index contributed by atoms with van der Waals surface area (Å²) in [6.45, 7) is 10.4. The zero-order valence-corrected chi connectivity index (χ0v) is 37.6. The summed E-state index contributed by atoms with van der Waals surface area (Å²) < 4.78 is 114. The molecule has 3 aliphatic rings. The van der Waals surface area contributed by atoms with E-state index in [-0.39, 0.29) is 13.0 Å². The highest BCUT2D eigenvalue weighted by Gasteiger charge is 2.56. The molecule has 0 radical (unpaired) electrons. The van der Waals surface area contributed by atoms with Crippen LogP contribution < -0.4 is 5.32 Å².